The van der Waals surface area contributed by atoms with Crippen LogP contribution in [-0.4, -0.2) is 29.6 Å². The van der Waals surface area contributed by atoms with Gasteiger partial charge in [-0.05, 0) is 42.7 Å². The Morgan fingerprint density at radius 2 is 2.08 bits per heavy atom. The Morgan fingerprint density at radius 3 is 2.83 bits per heavy atom. The van der Waals surface area contributed by atoms with E-state index in [1.165, 1.54) is 0 Å². The molecule has 1 heterocycles. The molecule has 0 aliphatic rings. The Bertz CT molecular complexity index is 883. The second-order valence-electron chi connectivity index (χ2n) is 5.82. The summed E-state index contributed by atoms with van der Waals surface area (Å²) in [7, 11) is 1.89. The Labute approximate surface area is 140 Å². The van der Waals surface area contributed by atoms with E-state index in [-0.39, 0.29) is 11.7 Å². The molecule has 0 fully saturated rings. The zero-order valence-corrected chi connectivity index (χ0v) is 13.8. The van der Waals surface area contributed by atoms with Crippen LogP contribution in [0.5, 0.6) is 5.75 Å². The molecule has 24 heavy (non-hydrogen) atoms. The quantitative estimate of drug-likeness (QED) is 0.582. The first-order chi connectivity index (χ1) is 11.6. The van der Waals surface area contributed by atoms with E-state index in [1.807, 2.05) is 38.4 Å². The number of carbonyl (C=O) groups is 1. The summed E-state index contributed by atoms with van der Waals surface area (Å²) in [4.78, 5) is 15.5. The van der Waals surface area contributed by atoms with Crippen LogP contribution in [0.3, 0.4) is 0 Å². The van der Waals surface area contributed by atoms with Gasteiger partial charge in [-0.25, -0.2) is 0 Å². The number of aromatic nitrogens is 1. The van der Waals surface area contributed by atoms with Gasteiger partial charge in [0, 0.05) is 25.2 Å². The third-order valence-electron chi connectivity index (χ3n) is 4.15. The van der Waals surface area contributed by atoms with Gasteiger partial charge in [-0.2, -0.15) is 0 Å². The van der Waals surface area contributed by atoms with Crippen LogP contribution in [0.15, 0.2) is 42.6 Å². The van der Waals surface area contributed by atoms with Crippen molar-refractivity contribution in [3.05, 3.63) is 59.3 Å². The first-order valence-electron chi connectivity index (χ1n) is 7.94. The van der Waals surface area contributed by atoms with Crippen molar-refractivity contribution in [3.63, 3.8) is 0 Å². The molecule has 0 spiro atoms. The first kappa shape index (κ1) is 15.9. The average molecular weight is 323 g/mol. The van der Waals surface area contributed by atoms with Crippen LogP contribution < -0.4 is 10.6 Å². The van der Waals surface area contributed by atoms with E-state index in [1.54, 1.807) is 12.1 Å². The lowest BCUT2D eigenvalue weighted by Gasteiger charge is -2.07. The van der Waals surface area contributed by atoms with Crippen molar-refractivity contribution >= 4 is 22.5 Å². The standard InChI is InChI=1S/C19H21N3O2/c1-12-6-7-15(17(23)10-12)19(24)21-9-8-13-11-22-18-14(13)4-3-5-16(18)20-2/h3-7,10-11,20,22-23H,8-9H2,1-2H3,(H,21,24). The minimum absolute atomic E-state index is 0.0123. The van der Waals surface area contributed by atoms with Crippen LogP contribution >= 0.6 is 0 Å². The number of hydrogen-bond donors (Lipinski definition) is 4. The Hall–Kier alpha value is -2.95. The highest BCUT2D eigenvalue weighted by atomic mass is 16.3. The molecule has 3 rings (SSSR count). The van der Waals surface area contributed by atoms with Crippen molar-refractivity contribution in [1.29, 1.82) is 0 Å². The van der Waals surface area contributed by atoms with Crippen LogP contribution in [0, 0.1) is 6.92 Å². The molecular formula is C19H21N3O2. The van der Waals surface area contributed by atoms with Gasteiger partial charge >= 0.3 is 0 Å². The molecule has 0 atom stereocenters. The lowest BCUT2D eigenvalue weighted by molar-refractivity contribution is 0.0951. The van der Waals surface area contributed by atoms with E-state index in [0.717, 1.165) is 27.7 Å². The molecule has 0 aliphatic carbocycles. The number of aromatic hydroxyl groups is 1. The fraction of sp³-hybridized carbons (Fsp3) is 0.211. The third kappa shape index (κ3) is 3.06. The molecule has 124 valence electrons. The molecule has 0 aliphatic heterocycles. The molecule has 5 nitrogen and oxygen atoms in total. The second kappa shape index (κ2) is 6.66. The van der Waals surface area contributed by atoms with Crippen molar-refractivity contribution in [2.75, 3.05) is 18.9 Å². The number of H-pyrrole nitrogens is 1. The van der Waals surface area contributed by atoms with Crippen molar-refractivity contribution in [3.8, 4) is 5.75 Å². The van der Waals surface area contributed by atoms with Gasteiger partial charge in [0.05, 0.1) is 16.8 Å². The maximum absolute atomic E-state index is 12.2. The molecule has 5 heteroatoms. The summed E-state index contributed by atoms with van der Waals surface area (Å²) < 4.78 is 0. The van der Waals surface area contributed by atoms with Crippen LogP contribution in [0.4, 0.5) is 5.69 Å². The Morgan fingerprint density at radius 1 is 1.25 bits per heavy atom. The Balaban J connectivity index is 1.67. The number of rotatable bonds is 5. The maximum atomic E-state index is 12.2. The number of phenols is 1. The van der Waals surface area contributed by atoms with Gasteiger partial charge in [-0.3, -0.25) is 4.79 Å². The van der Waals surface area contributed by atoms with Gasteiger partial charge in [-0.1, -0.05) is 18.2 Å². The van der Waals surface area contributed by atoms with Crippen molar-refractivity contribution in [2.45, 2.75) is 13.3 Å². The van der Waals surface area contributed by atoms with Crippen molar-refractivity contribution in [1.82, 2.24) is 10.3 Å². The van der Waals surface area contributed by atoms with Gasteiger partial charge in [-0.15, -0.1) is 0 Å². The van der Waals surface area contributed by atoms with E-state index in [2.05, 4.69) is 21.7 Å². The van der Waals surface area contributed by atoms with Crippen LogP contribution in [-0.2, 0) is 6.42 Å². The topological polar surface area (TPSA) is 77.2 Å². The number of nitrogens with one attached hydrogen (secondary N) is 3. The molecule has 2 aromatic carbocycles. The smallest absolute Gasteiger partial charge is 0.255 e. The highest BCUT2D eigenvalue weighted by Crippen LogP contribution is 2.25. The number of aryl methyl sites for hydroxylation is 1. The molecule has 0 unspecified atom stereocenters. The van der Waals surface area contributed by atoms with Crippen LogP contribution in [0.25, 0.3) is 10.9 Å². The summed E-state index contributed by atoms with van der Waals surface area (Å²) in [6.07, 6.45) is 2.69. The third-order valence-corrected chi connectivity index (χ3v) is 4.15. The summed E-state index contributed by atoms with van der Waals surface area (Å²) in [5.74, 6) is -0.249. The molecule has 1 aromatic heterocycles. The summed E-state index contributed by atoms with van der Waals surface area (Å²) in [6.45, 7) is 2.38. The summed E-state index contributed by atoms with van der Waals surface area (Å²) in [6, 6.07) is 11.1. The summed E-state index contributed by atoms with van der Waals surface area (Å²) in [5, 5.41) is 17.0. The molecular weight excluding hydrogens is 302 g/mol. The zero-order valence-electron chi connectivity index (χ0n) is 13.8. The van der Waals surface area contributed by atoms with Gasteiger partial charge in [0.1, 0.15) is 5.75 Å². The molecule has 3 aromatic rings. The fourth-order valence-corrected chi connectivity index (χ4v) is 2.87. The van der Waals surface area contributed by atoms with E-state index in [9.17, 15) is 9.90 Å². The minimum Gasteiger partial charge on any atom is -0.507 e. The number of phenolic OH excluding ortho intramolecular Hbond substituents is 1. The normalized spacial score (nSPS) is 10.8. The highest BCUT2D eigenvalue weighted by Gasteiger charge is 2.11. The number of anilines is 1. The molecule has 0 radical (unpaired) electrons. The van der Waals surface area contributed by atoms with Crippen LogP contribution in [0.1, 0.15) is 21.5 Å². The number of aromatic amines is 1. The maximum Gasteiger partial charge on any atom is 0.255 e. The van der Waals surface area contributed by atoms with Gasteiger partial charge in [0.2, 0.25) is 0 Å². The van der Waals surface area contributed by atoms with Crippen LogP contribution in [0.2, 0.25) is 0 Å². The molecule has 0 saturated heterocycles. The number of benzene rings is 2. The fourth-order valence-electron chi connectivity index (χ4n) is 2.87. The molecule has 0 bridgehead atoms. The lowest BCUT2D eigenvalue weighted by Crippen LogP contribution is -2.25. The van der Waals surface area contributed by atoms with Gasteiger partial charge < -0.3 is 20.7 Å². The predicted molar refractivity (Wildman–Crippen MR) is 96.7 cm³/mol. The lowest BCUT2D eigenvalue weighted by atomic mass is 10.1. The number of amides is 1. The van der Waals surface area contributed by atoms with E-state index < -0.39 is 0 Å². The Kier molecular flexibility index (Phi) is 4.42. The zero-order chi connectivity index (χ0) is 17.1. The molecule has 0 saturated carbocycles. The van der Waals surface area contributed by atoms with Gasteiger partial charge in [0.25, 0.3) is 5.91 Å². The molecule has 1 amide bonds. The van der Waals surface area contributed by atoms with Gasteiger partial charge in [0.15, 0.2) is 0 Å². The number of carbonyl (C=O) groups excluding carboxylic acids is 1. The van der Waals surface area contributed by atoms with E-state index >= 15 is 0 Å². The van der Waals surface area contributed by atoms with Crippen molar-refractivity contribution < 1.29 is 9.90 Å². The monoisotopic (exact) mass is 323 g/mol. The molecule has 4 N–H and O–H groups in total. The number of hydrogen-bond acceptors (Lipinski definition) is 3. The van der Waals surface area contributed by atoms with Crippen molar-refractivity contribution in [2.24, 2.45) is 0 Å². The number of fused-ring (bicyclic) bond motifs is 1. The largest absolute Gasteiger partial charge is 0.507 e. The second-order valence-corrected chi connectivity index (χ2v) is 5.82. The first-order valence-corrected chi connectivity index (χ1v) is 7.94. The minimum atomic E-state index is -0.261. The number of para-hydroxylation sites is 1. The highest BCUT2D eigenvalue weighted by molar-refractivity contribution is 5.97. The summed E-state index contributed by atoms with van der Waals surface area (Å²) >= 11 is 0. The SMILES string of the molecule is CNc1cccc2c(CCNC(=O)c3ccc(C)cc3O)c[nH]c12. The summed E-state index contributed by atoms with van der Waals surface area (Å²) in [5.41, 5.74) is 4.49. The predicted octanol–water partition coefficient (Wildman–Crippen LogP) is 3.20. The van der Waals surface area contributed by atoms with E-state index in [4.69, 9.17) is 0 Å². The van der Waals surface area contributed by atoms with E-state index in [0.29, 0.717) is 18.5 Å². The average Bonchev–Trinajstić information content (AvgIpc) is 2.98.